The van der Waals surface area contributed by atoms with Crippen LogP contribution in [-0.4, -0.2) is 16.4 Å². The fourth-order valence-corrected chi connectivity index (χ4v) is 3.44. The third-order valence-corrected chi connectivity index (χ3v) is 4.47. The molecule has 0 aliphatic rings. The van der Waals surface area contributed by atoms with E-state index in [0.717, 1.165) is 16.1 Å². The average molecular weight is 353 g/mol. The van der Waals surface area contributed by atoms with Gasteiger partial charge < -0.3 is 0 Å². The second kappa shape index (κ2) is 7.57. The molecule has 3 rings (SSSR count). The molecule has 1 aromatic heterocycles. The van der Waals surface area contributed by atoms with Gasteiger partial charge in [-0.1, -0.05) is 48.5 Å². The van der Waals surface area contributed by atoms with Gasteiger partial charge in [0.1, 0.15) is 5.82 Å². The standard InChI is InChI=1S/C20H20FN3S/c1-14(2)22-20-24(19(13-25-20)16-9-5-4-6-10-16)23-15(3)17-11-7-8-12-18(17)21/h4-14H,1-3H3. The summed E-state index contributed by atoms with van der Waals surface area (Å²) in [5.41, 5.74) is 3.10. The molecule has 128 valence electrons. The van der Waals surface area contributed by atoms with Gasteiger partial charge in [-0.2, -0.15) is 5.10 Å². The average Bonchev–Trinajstić information content (AvgIpc) is 2.98. The lowest BCUT2D eigenvalue weighted by Crippen LogP contribution is -2.16. The molecule has 3 nitrogen and oxygen atoms in total. The quantitative estimate of drug-likeness (QED) is 0.595. The van der Waals surface area contributed by atoms with E-state index in [0.29, 0.717) is 11.3 Å². The zero-order valence-electron chi connectivity index (χ0n) is 14.5. The van der Waals surface area contributed by atoms with Gasteiger partial charge in [0.05, 0.1) is 11.4 Å². The third kappa shape index (κ3) is 3.94. The van der Waals surface area contributed by atoms with Crippen LogP contribution in [0.5, 0.6) is 0 Å². The van der Waals surface area contributed by atoms with E-state index in [1.165, 1.54) is 17.4 Å². The van der Waals surface area contributed by atoms with Gasteiger partial charge in [-0.05, 0) is 26.8 Å². The van der Waals surface area contributed by atoms with Gasteiger partial charge >= 0.3 is 0 Å². The largest absolute Gasteiger partial charge is 0.255 e. The Morgan fingerprint density at radius 1 is 1.04 bits per heavy atom. The van der Waals surface area contributed by atoms with Crippen LogP contribution in [0.15, 0.2) is 70.1 Å². The molecule has 0 atom stereocenters. The second-order valence-electron chi connectivity index (χ2n) is 5.97. The molecular formula is C20H20FN3S. The first-order chi connectivity index (χ1) is 12.1. The highest BCUT2D eigenvalue weighted by molar-refractivity contribution is 7.07. The zero-order chi connectivity index (χ0) is 17.8. The molecule has 0 unspecified atom stereocenters. The summed E-state index contributed by atoms with van der Waals surface area (Å²) in [6, 6.07) is 16.9. The molecule has 25 heavy (non-hydrogen) atoms. The molecule has 0 aliphatic heterocycles. The van der Waals surface area contributed by atoms with E-state index < -0.39 is 0 Å². The fraction of sp³-hybridized carbons (Fsp3) is 0.200. The Kier molecular flexibility index (Phi) is 5.24. The van der Waals surface area contributed by atoms with E-state index in [1.54, 1.807) is 12.1 Å². The molecule has 1 heterocycles. The summed E-state index contributed by atoms with van der Waals surface area (Å²) in [6.07, 6.45) is 0. The summed E-state index contributed by atoms with van der Waals surface area (Å²) in [6.45, 7) is 5.87. The number of halogens is 1. The summed E-state index contributed by atoms with van der Waals surface area (Å²) in [5.74, 6) is -0.275. The molecule has 5 heteroatoms. The molecule has 0 N–H and O–H groups in total. The number of nitrogens with zero attached hydrogens (tertiary/aromatic N) is 3. The van der Waals surface area contributed by atoms with Crippen molar-refractivity contribution in [3.05, 3.63) is 76.2 Å². The van der Waals surface area contributed by atoms with Crippen LogP contribution in [0.1, 0.15) is 26.3 Å². The third-order valence-electron chi connectivity index (χ3n) is 3.64. The lowest BCUT2D eigenvalue weighted by Gasteiger charge is -2.07. The number of hydrogen-bond donors (Lipinski definition) is 0. The maximum Gasteiger partial charge on any atom is 0.206 e. The van der Waals surface area contributed by atoms with Crippen molar-refractivity contribution in [1.29, 1.82) is 0 Å². The van der Waals surface area contributed by atoms with E-state index in [-0.39, 0.29) is 11.9 Å². The van der Waals surface area contributed by atoms with Crippen LogP contribution in [0.3, 0.4) is 0 Å². The Morgan fingerprint density at radius 3 is 2.40 bits per heavy atom. The minimum atomic E-state index is -0.275. The zero-order valence-corrected chi connectivity index (χ0v) is 15.3. The Hall–Kier alpha value is -2.53. The monoisotopic (exact) mass is 353 g/mol. The van der Waals surface area contributed by atoms with Gasteiger partial charge in [-0.25, -0.2) is 9.07 Å². The molecule has 0 radical (unpaired) electrons. The van der Waals surface area contributed by atoms with Crippen LogP contribution in [0.25, 0.3) is 11.3 Å². The Balaban J connectivity index is 2.18. The highest BCUT2D eigenvalue weighted by atomic mass is 32.1. The minimum Gasteiger partial charge on any atom is -0.255 e. The van der Waals surface area contributed by atoms with Crippen molar-refractivity contribution in [2.45, 2.75) is 26.8 Å². The van der Waals surface area contributed by atoms with Gasteiger partial charge in [-0.15, -0.1) is 11.3 Å². The lowest BCUT2D eigenvalue weighted by atomic mass is 10.1. The first kappa shape index (κ1) is 17.3. The van der Waals surface area contributed by atoms with Crippen molar-refractivity contribution < 1.29 is 4.39 Å². The van der Waals surface area contributed by atoms with Gasteiger partial charge in [0.25, 0.3) is 0 Å². The van der Waals surface area contributed by atoms with Crippen molar-refractivity contribution in [3.8, 4) is 11.3 Å². The van der Waals surface area contributed by atoms with E-state index in [2.05, 4.69) is 10.1 Å². The van der Waals surface area contributed by atoms with Crippen molar-refractivity contribution in [3.63, 3.8) is 0 Å². The van der Waals surface area contributed by atoms with Crippen molar-refractivity contribution in [2.24, 2.45) is 10.1 Å². The van der Waals surface area contributed by atoms with E-state index in [9.17, 15) is 4.39 Å². The van der Waals surface area contributed by atoms with Crippen LogP contribution < -0.4 is 4.80 Å². The fourth-order valence-electron chi connectivity index (χ4n) is 2.47. The SMILES string of the molecule is CC(=Nn1c(-c2ccccc2)csc1=NC(C)C)c1ccccc1F. The molecule has 0 fully saturated rings. The summed E-state index contributed by atoms with van der Waals surface area (Å²) in [5, 5.41) is 6.73. The van der Waals surface area contributed by atoms with Gasteiger partial charge in [0.2, 0.25) is 4.80 Å². The molecule has 0 aliphatic carbocycles. The molecule has 0 saturated heterocycles. The Morgan fingerprint density at radius 2 is 1.72 bits per heavy atom. The minimum absolute atomic E-state index is 0.150. The number of benzene rings is 2. The molecule has 0 bridgehead atoms. The van der Waals surface area contributed by atoms with Gasteiger partial charge in [0.15, 0.2) is 0 Å². The van der Waals surface area contributed by atoms with Crippen LogP contribution in [-0.2, 0) is 0 Å². The molecule has 2 aromatic carbocycles. The van der Waals surface area contributed by atoms with E-state index in [4.69, 9.17) is 0 Å². The van der Waals surface area contributed by atoms with Gasteiger partial charge in [-0.3, -0.25) is 4.99 Å². The van der Waals surface area contributed by atoms with Crippen LogP contribution in [0, 0.1) is 5.82 Å². The highest BCUT2D eigenvalue weighted by Crippen LogP contribution is 2.20. The number of thiazole rings is 1. The number of aromatic nitrogens is 1. The van der Waals surface area contributed by atoms with E-state index >= 15 is 0 Å². The molecule has 0 spiro atoms. The van der Waals surface area contributed by atoms with Crippen LogP contribution in [0.2, 0.25) is 0 Å². The van der Waals surface area contributed by atoms with Crippen molar-refractivity contribution in [1.82, 2.24) is 4.68 Å². The maximum absolute atomic E-state index is 14.1. The Labute approximate surface area is 150 Å². The van der Waals surface area contributed by atoms with Gasteiger partial charge in [0, 0.05) is 22.5 Å². The summed E-state index contributed by atoms with van der Waals surface area (Å²) in [4.78, 5) is 5.45. The van der Waals surface area contributed by atoms with Crippen LogP contribution >= 0.6 is 11.3 Å². The molecule has 0 saturated carbocycles. The molecule has 0 amide bonds. The van der Waals surface area contributed by atoms with Crippen molar-refractivity contribution >= 4 is 17.0 Å². The Bertz CT molecular complexity index is 952. The predicted octanol–water partition coefficient (Wildman–Crippen LogP) is 4.94. The normalized spacial score (nSPS) is 12.8. The summed E-state index contributed by atoms with van der Waals surface area (Å²) < 4.78 is 15.9. The smallest absolute Gasteiger partial charge is 0.206 e. The first-order valence-electron chi connectivity index (χ1n) is 8.16. The van der Waals surface area contributed by atoms with Crippen LogP contribution in [0.4, 0.5) is 4.39 Å². The number of rotatable bonds is 4. The van der Waals surface area contributed by atoms with Crippen molar-refractivity contribution in [2.75, 3.05) is 0 Å². The second-order valence-corrected chi connectivity index (χ2v) is 6.81. The summed E-state index contributed by atoms with van der Waals surface area (Å²) in [7, 11) is 0. The molecule has 3 aromatic rings. The topological polar surface area (TPSA) is 29.6 Å². The van der Waals surface area contributed by atoms with E-state index in [1.807, 2.05) is 67.2 Å². The molecular weight excluding hydrogens is 333 g/mol. The first-order valence-corrected chi connectivity index (χ1v) is 9.04. The lowest BCUT2D eigenvalue weighted by molar-refractivity contribution is 0.624. The summed E-state index contributed by atoms with van der Waals surface area (Å²) >= 11 is 1.54. The maximum atomic E-state index is 14.1. The highest BCUT2D eigenvalue weighted by Gasteiger charge is 2.10. The predicted molar refractivity (Wildman–Crippen MR) is 102 cm³/mol. The number of hydrogen-bond acceptors (Lipinski definition) is 3.